The normalized spacial score (nSPS) is 24.1. The Bertz CT molecular complexity index is 721. The average molecular weight is 337 g/mol. The molecule has 0 aromatic carbocycles. The molecule has 1 N–H and O–H groups in total. The van der Waals surface area contributed by atoms with Crippen LogP contribution in [-0.4, -0.2) is 20.4 Å². The summed E-state index contributed by atoms with van der Waals surface area (Å²) in [6.45, 7) is 0. The molecule has 0 saturated heterocycles. The highest BCUT2D eigenvalue weighted by Crippen LogP contribution is 2.52. The fraction of sp³-hybridized carbons (Fsp3) is 0.533. The van der Waals surface area contributed by atoms with E-state index in [1.54, 1.807) is 10.8 Å². The van der Waals surface area contributed by atoms with Gasteiger partial charge in [0.1, 0.15) is 10.8 Å². The number of rotatable bonds is 4. The molecule has 1 amide bonds. The first-order valence-corrected chi connectivity index (χ1v) is 8.83. The molecule has 0 spiro atoms. The van der Waals surface area contributed by atoms with E-state index in [4.69, 9.17) is 11.6 Å². The van der Waals surface area contributed by atoms with Gasteiger partial charge in [0.2, 0.25) is 5.91 Å². The predicted molar refractivity (Wildman–Crippen MR) is 86.9 cm³/mol. The summed E-state index contributed by atoms with van der Waals surface area (Å²) in [6, 6.07) is 0. The fourth-order valence-corrected chi connectivity index (χ4v) is 3.98. The van der Waals surface area contributed by atoms with Crippen molar-refractivity contribution in [2.75, 3.05) is 5.32 Å². The van der Waals surface area contributed by atoms with E-state index in [0.717, 1.165) is 18.0 Å². The molecule has 4 rings (SSSR count). The lowest BCUT2D eigenvalue weighted by Crippen LogP contribution is -2.20. The van der Waals surface area contributed by atoms with Crippen molar-refractivity contribution in [3.8, 4) is 11.5 Å². The van der Waals surface area contributed by atoms with Gasteiger partial charge in [-0.25, -0.2) is 9.97 Å². The minimum absolute atomic E-state index is 0.121. The van der Waals surface area contributed by atoms with Gasteiger partial charge in [0.25, 0.3) is 0 Å². The van der Waals surface area contributed by atoms with Crippen LogP contribution < -0.4 is 5.32 Å². The van der Waals surface area contributed by atoms with Gasteiger partial charge in [-0.2, -0.15) is 0 Å². The maximum atomic E-state index is 12.3. The zero-order valence-corrected chi connectivity index (χ0v) is 13.8. The van der Waals surface area contributed by atoms with Gasteiger partial charge >= 0.3 is 0 Å². The number of hydrogen-bond donors (Lipinski definition) is 1. The van der Waals surface area contributed by atoms with Crippen LogP contribution in [0.25, 0.3) is 11.5 Å². The summed E-state index contributed by atoms with van der Waals surface area (Å²) in [5.41, 5.74) is 0.737. The molecule has 2 aromatic heterocycles. The average Bonchev–Trinajstić information content (AvgIpc) is 2.95. The van der Waals surface area contributed by atoms with Gasteiger partial charge in [-0.05, 0) is 18.3 Å². The minimum atomic E-state index is 0.121. The van der Waals surface area contributed by atoms with Crippen LogP contribution in [0.1, 0.15) is 25.7 Å². The highest BCUT2D eigenvalue weighted by molar-refractivity contribution is 7.14. The second kappa shape index (κ2) is 5.35. The van der Waals surface area contributed by atoms with Crippen LogP contribution >= 0.6 is 22.9 Å². The molecule has 5 nitrogen and oxygen atoms in total. The molecule has 2 aliphatic carbocycles. The Morgan fingerprint density at radius 2 is 2.32 bits per heavy atom. The number of anilines is 1. The quantitative estimate of drug-likeness (QED) is 0.928. The zero-order valence-electron chi connectivity index (χ0n) is 12.3. The van der Waals surface area contributed by atoms with Crippen molar-refractivity contribution in [1.29, 1.82) is 0 Å². The van der Waals surface area contributed by atoms with E-state index in [1.807, 2.05) is 12.4 Å². The van der Waals surface area contributed by atoms with E-state index in [2.05, 4.69) is 15.3 Å². The predicted octanol–water partition coefficient (Wildman–Crippen LogP) is 3.57. The third kappa shape index (κ3) is 2.44. The molecule has 116 valence electrons. The fourth-order valence-electron chi connectivity index (χ4n) is 3.16. The van der Waals surface area contributed by atoms with Crippen molar-refractivity contribution >= 4 is 34.0 Å². The molecule has 0 radical (unpaired) electrons. The second-order valence-electron chi connectivity index (χ2n) is 6.19. The van der Waals surface area contributed by atoms with Crippen LogP contribution in [0, 0.1) is 17.8 Å². The summed E-state index contributed by atoms with van der Waals surface area (Å²) in [5.74, 6) is 2.43. The summed E-state index contributed by atoms with van der Waals surface area (Å²) in [6.07, 6.45) is 6.58. The molecular formula is C15H17ClN4OS. The van der Waals surface area contributed by atoms with E-state index in [1.165, 1.54) is 30.6 Å². The van der Waals surface area contributed by atoms with Crippen molar-refractivity contribution in [2.24, 2.45) is 24.8 Å². The number of nitrogens with one attached hydrogen (secondary N) is 1. The van der Waals surface area contributed by atoms with Crippen LogP contribution in [0.5, 0.6) is 0 Å². The first kappa shape index (κ1) is 14.2. The number of nitrogens with zero attached hydrogens (tertiary/aromatic N) is 3. The topological polar surface area (TPSA) is 59.8 Å². The van der Waals surface area contributed by atoms with E-state index in [-0.39, 0.29) is 11.8 Å². The van der Waals surface area contributed by atoms with Gasteiger partial charge in [0.05, 0.1) is 6.20 Å². The molecule has 7 heteroatoms. The number of amides is 1. The molecular weight excluding hydrogens is 320 g/mol. The first-order chi connectivity index (χ1) is 10.6. The molecule has 2 heterocycles. The van der Waals surface area contributed by atoms with Crippen LogP contribution in [0.3, 0.4) is 0 Å². The van der Waals surface area contributed by atoms with E-state index >= 15 is 0 Å². The number of carbonyl (C=O) groups excluding carboxylic acids is 1. The van der Waals surface area contributed by atoms with E-state index < -0.39 is 0 Å². The van der Waals surface area contributed by atoms with Crippen LogP contribution in [0.4, 0.5) is 5.13 Å². The summed E-state index contributed by atoms with van der Waals surface area (Å²) in [5, 5.41) is 6.05. The third-order valence-electron chi connectivity index (χ3n) is 4.83. The standard InChI is InChI=1S/C15H17ClN4OS/c1-20-12(16)6-17-13(20)11-7-22-15(18-11)19-14(21)10-5-9(10)8-3-2-4-8/h6-10H,2-5H2,1H3,(H,18,19,21)/t9-,10+/m0/s1. The van der Waals surface area contributed by atoms with Gasteiger partial charge in [-0.3, -0.25) is 4.79 Å². The smallest absolute Gasteiger partial charge is 0.229 e. The summed E-state index contributed by atoms with van der Waals surface area (Å²) in [4.78, 5) is 21.0. The van der Waals surface area contributed by atoms with Gasteiger partial charge in [-0.1, -0.05) is 30.9 Å². The largest absolute Gasteiger partial charge is 0.317 e. The van der Waals surface area contributed by atoms with E-state index in [9.17, 15) is 4.79 Å². The van der Waals surface area contributed by atoms with Gasteiger partial charge in [-0.15, -0.1) is 11.3 Å². The number of halogens is 1. The Kier molecular flexibility index (Phi) is 3.46. The molecule has 2 saturated carbocycles. The Morgan fingerprint density at radius 1 is 1.50 bits per heavy atom. The second-order valence-corrected chi connectivity index (χ2v) is 7.43. The number of carbonyl (C=O) groups is 1. The third-order valence-corrected chi connectivity index (χ3v) is 5.94. The van der Waals surface area contributed by atoms with Crippen molar-refractivity contribution in [3.05, 3.63) is 16.7 Å². The van der Waals surface area contributed by atoms with Crippen molar-refractivity contribution < 1.29 is 4.79 Å². The Labute approximate surface area is 137 Å². The van der Waals surface area contributed by atoms with Crippen molar-refractivity contribution in [1.82, 2.24) is 14.5 Å². The maximum Gasteiger partial charge on any atom is 0.229 e. The number of hydrogen-bond acceptors (Lipinski definition) is 4. The van der Waals surface area contributed by atoms with Crippen LogP contribution in [0.15, 0.2) is 11.6 Å². The molecule has 0 bridgehead atoms. The number of imidazole rings is 1. The van der Waals surface area contributed by atoms with Crippen molar-refractivity contribution in [2.45, 2.75) is 25.7 Å². The molecule has 2 aromatic rings. The minimum Gasteiger partial charge on any atom is -0.317 e. The Balaban J connectivity index is 1.42. The summed E-state index contributed by atoms with van der Waals surface area (Å²) in [7, 11) is 1.84. The van der Waals surface area contributed by atoms with Gasteiger partial charge in [0.15, 0.2) is 11.0 Å². The SMILES string of the molecule is Cn1c(Cl)cnc1-c1csc(NC(=O)[C@@H]2C[C@H]2C2CCC2)n1. The van der Waals surface area contributed by atoms with Crippen molar-refractivity contribution in [3.63, 3.8) is 0 Å². The lowest BCUT2D eigenvalue weighted by atomic mass is 9.81. The van der Waals surface area contributed by atoms with Gasteiger partial charge in [0, 0.05) is 18.3 Å². The molecule has 22 heavy (non-hydrogen) atoms. The maximum absolute atomic E-state index is 12.3. The van der Waals surface area contributed by atoms with Gasteiger partial charge < -0.3 is 9.88 Å². The van der Waals surface area contributed by atoms with Crippen LogP contribution in [-0.2, 0) is 11.8 Å². The summed E-state index contributed by atoms with van der Waals surface area (Å²) < 4.78 is 1.77. The van der Waals surface area contributed by atoms with Crippen LogP contribution in [0.2, 0.25) is 5.15 Å². The lowest BCUT2D eigenvalue weighted by Gasteiger charge is -2.25. The molecule has 2 aliphatic rings. The monoisotopic (exact) mass is 336 g/mol. The first-order valence-electron chi connectivity index (χ1n) is 7.57. The molecule has 2 atom stereocenters. The number of aromatic nitrogens is 3. The molecule has 2 fully saturated rings. The molecule has 0 unspecified atom stereocenters. The molecule has 0 aliphatic heterocycles. The highest BCUT2D eigenvalue weighted by atomic mass is 35.5. The number of thiazole rings is 1. The summed E-state index contributed by atoms with van der Waals surface area (Å²) >= 11 is 7.42. The zero-order chi connectivity index (χ0) is 15.3. The Hall–Kier alpha value is -1.40. The lowest BCUT2D eigenvalue weighted by molar-refractivity contribution is -0.117. The highest BCUT2D eigenvalue weighted by Gasteiger charge is 2.49. The Morgan fingerprint density at radius 3 is 2.95 bits per heavy atom. The van der Waals surface area contributed by atoms with E-state index in [0.29, 0.717) is 22.0 Å².